The lowest BCUT2D eigenvalue weighted by Crippen LogP contribution is -2.37. The first-order valence-corrected chi connectivity index (χ1v) is 13.2. The Morgan fingerprint density at radius 1 is 0.892 bits per heavy atom. The SMILES string of the molecule is CC(=O)Oc1ccc([C@H]2C(C(=O)OC3CCCCC3)=C(C)NC3=C2C(=O)C[C@@H](c2ccccc2)C3)cc1. The Morgan fingerprint density at radius 3 is 2.27 bits per heavy atom. The first kappa shape index (κ1) is 25.0. The quantitative estimate of drug-likeness (QED) is 0.411. The molecule has 1 aliphatic heterocycles. The highest BCUT2D eigenvalue weighted by atomic mass is 16.5. The normalized spacial score (nSPS) is 22.3. The molecule has 1 saturated carbocycles. The number of ether oxygens (including phenoxy) is 2. The molecule has 0 bridgehead atoms. The van der Waals surface area contributed by atoms with Crippen LogP contribution in [-0.2, 0) is 19.1 Å². The molecule has 0 aromatic heterocycles. The maximum atomic E-state index is 13.7. The molecule has 2 aliphatic carbocycles. The summed E-state index contributed by atoms with van der Waals surface area (Å²) in [6.45, 7) is 3.24. The molecule has 2 aromatic carbocycles. The van der Waals surface area contributed by atoms with Crippen LogP contribution in [0.2, 0.25) is 0 Å². The Kier molecular flexibility index (Phi) is 7.26. The lowest BCUT2D eigenvalue weighted by molar-refractivity contribution is -0.146. The molecule has 2 atom stereocenters. The summed E-state index contributed by atoms with van der Waals surface area (Å²) in [4.78, 5) is 38.7. The van der Waals surface area contributed by atoms with E-state index in [1.165, 1.54) is 13.3 Å². The van der Waals surface area contributed by atoms with Gasteiger partial charge in [-0.15, -0.1) is 0 Å². The van der Waals surface area contributed by atoms with Crippen molar-refractivity contribution in [1.82, 2.24) is 5.32 Å². The highest BCUT2D eigenvalue weighted by molar-refractivity contribution is 6.04. The summed E-state index contributed by atoms with van der Waals surface area (Å²) in [5.41, 5.74) is 4.63. The standard InChI is InChI=1S/C31H33NO5/c1-19-28(31(35)37-24-11-7-4-8-12-24)29(22-13-15-25(16-14-22)36-20(2)33)30-26(32-19)17-23(18-27(30)34)21-9-5-3-6-10-21/h3,5-6,9-10,13-16,23-24,29,32H,4,7-8,11-12,17-18H2,1-2H3/t23-,29-/m0/s1. The van der Waals surface area contributed by atoms with Gasteiger partial charge in [0, 0.05) is 36.2 Å². The fourth-order valence-corrected chi connectivity index (χ4v) is 5.90. The van der Waals surface area contributed by atoms with Crippen molar-refractivity contribution in [3.8, 4) is 5.75 Å². The molecule has 0 unspecified atom stereocenters. The van der Waals surface area contributed by atoms with Gasteiger partial charge in [-0.2, -0.15) is 0 Å². The third-order valence-corrected chi connectivity index (χ3v) is 7.62. The van der Waals surface area contributed by atoms with Crippen molar-refractivity contribution in [2.24, 2.45) is 0 Å². The zero-order valence-corrected chi connectivity index (χ0v) is 21.4. The molecule has 37 heavy (non-hydrogen) atoms. The molecule has 0 saturated heterocycles. The van der Waals surface area contributed by atoms with Crippen molar-refractivity contribution in [2.45, 2.75) is 76.7 Å². The van der Waals surface area contributed by atoms with Gasteiger partial charge in [0.1, 0.15) is 11.9 Å². The molecule has 1 N–H and O–H groups in total. The lowest BCUT2D eigenvalue weighted by atomic mass is 9.71. The molecule has 6 nitrogen and oxygen atoms in total. The van der Waals surface area contributed by atoms with E-state index in [4.69, 9.17) is 9.47 Å². The Hall–Kier alpha value is -3.67. The third-order valence-electron chi connectivity index (χ3n) is 7.62. The van der Waals surface area contributed by atoms with Gasteiger partial charge >= 0.3 is 11.9 Å². The van der Waals surface area contributed by atoms with Crippen LogP contribution in [0, 0.1) is 0 Å². The maximum Gasteiger partial charge on any atom is 0.337 e. The van der Waals surface area contributed by atoms with E-state index in [1.807, 2.05) is 37.3 Å². The van der Waals surface area contributed by atoms with Crippen LogP contribution in [-0.4, -0.2) is 23.8 Å². The molecular weight excluding hydrogens is 466 g/mol. The number of carbonyl (C=O) groups excluding carboxylic acids is 3. The Morgan fingerprint density at radius 2 is 1.59 bits per heavy atom. The van der Waals surface area contributed by atoms with E-state index >= 15 is 0 Å². The van der Waals surface area contributed by atoms with Gasteiger partial charge in [0.15, 0.2) is 5.78 Å². The zero-order chi connectivity index (χ0) is 25.9. The number of hydrogen-bond donors (Lipinski definition) is 1. The molecule has 5 rings (SSSR count). The van der Waals surface area contributed by atoms with E-state index in [9.17, 15) is 14.4 Å². The van der Waals surface area contributed by atoms with Crippen molar-refractivity contribution in [3.05, 3.63) is 88.3 Å². The zero-order valence-electron chi connectivity index (χ0n) is 21.4. The molecule has 2 aromatic rings. The highest BCUT2D eigenvalue weighted by Gasteiger charge is 2.42. The topological polar surface area (TPSA) is 81.7 Å². The van der Waals surface area contributed by atoms with Crippen molar-refractivity contribution >= 4 is 17.7 Å². The number of nitrogens with one attached hydrogen (secondary N) is 1. The second-order valence-electron chi connectivity index (χ2n) is 10.3. The van der Waals surface area contributed by atoms with Gasteiger partial charge in [0.05, 0.1) is 5.57 Å². The van der Waals surface area contributed by atoms with Crippen molar-refractivity contribution < 1.29 is 23.9 Å². The van der Waals surface area contributed by atoms with Crippen LogP contribution in [0.25, 0.3) is 0 Å². The second-order valence-corrected chi connectivity index (χ2v) is 10.3. The first-order chi connectivity index (χ1) is 17.9. The Bertz CT molecular complexity index is 1250. The highest BCUT2D eigenvalue weighted by Crippen LogP contribution is 2.46. The van der Waals surface area contributed by atoms with Gasteiger partial charge in [-0.05, 0) is 68.2 Å². The summed E-state index contributed by atoms with van der Waals surface area (Å²) in [7, 11) is 0. The van der Waals surface area contributed by atoms with Gasteiger partial charge in [-0.3, -0.25) is 9.59 Å². The van der Waals surface area contributed by atoms with Crippen LogP contribution in [0.3, 0.4) is 0 Å². The van der Waals surface area contributed by atoms with Crippen LogP contribution >= 0.6 is 0 Å². The molecule has 1 heterocycles. The predicted octanol–water partition coefficient (Wildman–Crippen LogP) is 5.85. The molecule has 0 spiro atoms. The molecule has 3 aliphatic rings. The van der Waals surface area contributed by atoms with Crippen LogP contribution in [0.1, 0.15) is 81.8 Å². The summed E-state index contributed by atoms with van der Waals surface area (Å²) < 4.78 is 11.2. The van der Waals surface area contributed by atoms with E-state index in [1.54, 1.807) is 12.1 Å². The summed E-state index contributed by atoms with van der Waals surface area (Å²) in [5.74, 6) is -0.770. The van der Waals surface area contributed by atoms with Crippen LogP contribution in [0.5, 0.6) is 5.75 Å². The number of benzene rings is 2. The molecule has 192 valence electrons. The van der Waals surface area contributed by atoms with Gasteiger partial charge in [0.25, 0.3) is 0 Å². The van der Waals surface area contributed by atoms with E-state index in [0.717, 1.165) is 48.2 Å². The third kappa shape index (κ3) is 5.38. The first-order valence-electron chi connectivity index (χ1n) is 13.2. The minimum Gasteiger partial charge on any atom is -0.459 e. The summed E-state index contributed by atoms with van der Waals surface area (Å²) in [5, 5.41) is 3.42. The summed E-state index contributed by atoms with van der Waals surface area (Å²) >= 11 is 0. The van der Waals surface area contributed by atoms with Crippen molar-refractivity contribution in [3.63, 3.8) is 0 Å². The number of rotatable bonds is 5. The largest absolute Gasteiger partial charge is 0.459 e. The van der Waals surface area contributed by atoms with Gasteiger partial charge in [-0.25, -0.2) is 4.79 Å². The molecular formula is C31H33NO5. The number of hydrogen-bond acceptors (Lipinski definition) is 6. The monoisotopic (exact) mass is 499 g/mol. The minimum absolute atomic E-state index is 0.0344. The lowest BCUT2D eigenvalue weighted by Gasteiger charge is -2.37. The Balaban J connectivity index is 1.52. The van der Waals surface area contributed by atoms with Gasteiger partial charge in [0.2, 0.25) is 0 Å². The molecule has 6 heteroatoms. The van der Waals surface area contributed by atoms with Gasteiger partial charge in [-0.1, -0.05) is 48.9 Å². The average Bonchev–Trinajstić information content (AvgIpc) is 2.89. The van der Waals surface area contributed by atoms with E-state index < -0.39 is 11.9 Å². The van der Waals surface area contributed by atoms with E-state index in [2.05, 4.69) is 17.4 Å². The van der Waals surface area contributed by atoms with Crippen molar-refractivity contribution in [1.29, 1.82) is 0 Å². The molecule has 0 amide bonds. The van der Waals surface area contributed by atoms with E-state index in [-0.39, 0.29) is 23.8 Å². The fourth-order valence-electron chi connectivity index (χ4n) is 5.90. The van der Waals surface area contributed by atoms with Crippen LogP contribution < -0.4 is 10.1 Å². The summed E-state index contributed by atoms with van der Waals surface area (Å²) in [6.07, 6.45) is 6.02. The minimum atomic E-state index is -0.539. The number of allylic oxidation sites excluding steroid dienone is 3. The van der Waals surface area contributed by atoms with E-state index in [0.29, 0.717) is 29.7 Å². The Labute approximate surface area is 217 Å². The smallest absolute Gasteiger partial charge is 0.337 e. The van der Waals surface area contributed by atoms with Crippen LogP contribution in [0.4, 0.5) is 0 Å². The molecule has 0 radical (unpaired) electrons. The average molecular weight is 500 g/mol. The number of ketones is 1. The maximum absolute atomic E-state index is 13.7. The second kappa shape index (κ2) is 10.8. The van der Waals surface area contributed by atoms with Crippen molar-refractivity contribution in [2.75, 3.05) is 0 Å². The molecule has 1 fully saturated rings. The predicted molar refractivity (Wildman–Crippen MR) is 140 cm³/mol. The summed E-state index contributed by atoms with van der Waals surface area (Å²) in [6, 6.07) is 17.2. The van der Waals surface area contributed by atoms with Gasteiger partial charge < -0.3 is 14.8 Å². The number of esters is 2. The number of dihydropyridines is 1. The number of Topliss-reactive ketones (excluding diaryl/α,β-unsaturated/α-hetero) is 1. The fraction of sp³-hybridized carbons (Fsp3) is 0.387. The number of carbonyl (C=O) groups is 3. The van der Waals surface area contributed by atoms with Crippen LogP contribution in [0.15, 0.2) is 77.1 Å².